The monoisotopic (exact) mass is 404 g/mol. The van der Waals surface area contributed by atoms with Crippen molar-refractivity contribution in [2.24, 2.45) is 5.73 Å². The van der Waals surface area contributed by atoms with Crippen molar-refractivity contribution in [2.75, 3.05) is 18.5 Å². The van der Waals surface area contributed by atoms with Gasteiger partial charge in [-0.05, 0) is 37.1 Å². The van der Waals surface area contributed by atoms with Gasteiger partial charge in [0.15, 0.2) is 5.65 Å². The molecular weight excluding hydrogens is 384 g/mol. The van der Waals surface area contributed by atoms with Crippen molar-refractivity contribution in [1.29, 1.82) is 0 Å². The van der Waals surface area contributed by atoms with Gasteiger partial charge in [0.2, 0.25) is 11.9 Å². The summed E-state index contributed by atoms with van der Waals surface area (Å²) < 4.78 is 9.21. The van der Waals surface area contributed by atoms with Crippen molar-refractivity contribution in [2.45, 2.75) is 18.9 Å². The number of primary amides is 1. The maximum absolute atomic E-state index is 11.3. The van der Waals surface area contributed by atoms with Gasteiger partial charge >= 0.3 is 0 Å². The zero-order valence-electron chi connectivity index (χ0n) is 16.1. The van der Waals surface area contributed by atoms with E-state index in [1.54, 1.807) is 43.0 Å². The Morgan fingerprint density at radius 1 is 1.13 bits per heavy atom. The van der Waals surface area contributed by atoms with Crippen molar-refractivity contribution in [3.63, 3.8) is 0 Å². The Kier molecular flexibility index (Phi) is 4.60. The molecule has 0 atom stereocenters. The number of amides is 1. The first kappa shape index (κ1) is 18.3. The molecule has 0 radical (unpaired) electrons. The third kappa shape index (κ3) is 3.48. The molecule has 1 fully saturated rings. The van der Waals surface area contributed by atoms with Crippen LogP contribution in [0.2, 0.25) is 0 Å². The van der Waals surface area contributed by atoms with Gasteiger partial charge < -0.3 is 15.8 Å². The summed E-state index contributed by atoms with van der Waals surface area (Å²) in [5, 5.41) is 7.67. The first-order chi connectivity index (χ1) is 14.7. The number of imidazole rings is 1. The van der Waals surface area contributed by atoms with Crippen LogP contribution in [0.5, 0.6) is 0 Å². The Morgan fingerprint density at radius 3 is 2.70 bits per heavy atom. The fraction of sp³-hybridized carbons (Fsp3) is 0.250. The van der Waals surface area contributed by atoms with Crippen LogP contribution in [0, 0.1) is 0 Å². The number of ether oxygens (including phenoxy) is 1. The number of carbonyl (C=O) groups is 1. The van der Waals surface area contributed by atoms with Gasteiger partial charge in [-0.2, -0.15) is 10.1 Å². The standard InChI is InChI=1S/C20H20N8O2/c21-18(29)13-1-3-15(4-2-13)27-12-23-17-10-22-20(26-19(17)27)25-14-9-24-28(11-14)16-5-7-30-8-6-16/h1-4,9-12,16H,5-8H2,(H2,21,29)(H,22,25,26). The lowest BCUT2D eigenvalue weighted by atomic mass is 10.1. The minimum Gasteiger partial charge on any atom is -0.381 e. The van der Waals surface area contributed by atoms with Gasteiger partial charge in [-0.25, -0.2) is 9.97 Å². The van der Waals surface area contributed by atoms with Crippen LogP contribution in [0.1, 0.15) is 29.2 Å². The van der Waals surface area contributed by atoms with E-state index in [-0.39, 0.29) is 0 Å². The largest absolute Gasteiger partial charge is 0.381 e. The van der Waals surface area contributed by atoms with E-state index < -0.39 is 5.91 Å². The molecule has 5 rings (SSSR count). The fourth-order valence-electron chi connectivity index (χ4n) is 3.53. The lowest BCUT2D eigenvalue weighted by Gasteiger charge is -2.22. The van der Waals surface area contributed by atoms with E-state index in [4.69, 9.17) is 10.5 Å². The topological polar surface area (TPSA) is 126 Å². The lowest BCUT2D eigenvalue weighted by molar-refractivity contribution is 0.0662. The molecule has 1 aliphatic heterocycles. The first-order valence-corrected chi connectivity index (χ1v) is 9.66. The highest BCUT2D eigenvalue weighted by Crippen LogP contribution is 2.23. The molecule has 3 aromatic heterocycles. The average Bonchev–Trinajstić information content (AvgIpc) is 3.41. The normalized spacial score (nSPS) is 14.8. The molecule has 0 saturated carbocycles. The summed E-state index contributed by atoms with van der Waals surface area (Å²) in [6, 6.07) is 7.30. The molecule has 30 heavy (non-hydrogen) atoms. The molecule has 0 unspecified atom stereocenters. The van der Waals surface area contributed by atoms with Gasteiger partial charge in [0.1, 0.15) is 11.8 Å². The minimum atomic E-state index is -0.466. The third-order valence-corrected chi connectivity index (χ3v) is 5.14. The molecule has 4 heterocycles. The number of benzene rings is 1. The molecule has 4 aromatic rings. The summed E-state index contributed by atoms with van der Waals surface area (Å²) in [5.41, 5.74) is 8.71. The van der Waals surface area contributed by atoms with Gasteiger partial charge in [0.05, 0.1) is 24.1 Å². The van der Waals surface area contributed by atoms with E-state index in [9.17, 15) is 4.79 Å². The SMILES string of the molecule is NC(=O)c1ccc(-n2cnc3cnc(Nc4cnn(C5CCOCC5)c4)nc32)cc1. The van der Waals surface area contributed by atoms with Crippen LogP contribution in [0.25, 0.3) is 16.9 Å². The number of hydrogen-bond acceptors (Lipinski definition) is 7. The summed E-state index contributed by atoms with van der Waals surface area (Å²) in [4.78, 5) is 24.6. The number of carbonyl (C=O) groups excluding carboxylic acids is 1. The van der Waals surface area contributed by atoms with Crippen molar-refractivity contribution in [3.05, 3.63) is 54.7 Å². The number of hydrogen-bond donors (Lipinski definition) is 2. The number of nitrogens with one attached hydrogen (secondary N) is 1. The molecule has 1 aliphatic rings. The third-order valence-electron chi connectivity index (χ3n) is 5.14. The predicted octanol–water partition coefficient (Wildman–Crippen LogP) is 2.21. The molecule has 10 heteroatoms. The van der Waals surface area contributed by atoms with E-state index >= 15 is 0 Å². The van der Waals surface area contributed by atoms with E-state index in [2.05, 4.69) is 25.4 Å². The Morgan fingerprint density at radius 2 is 1.93 bits per heavy atom. The Hall–Kier alpha value is -3.79. The van der Waals surface area contributed by atoms with E-state index in [1.807, 2.05) is 15.4 Å². The first-order valence-electron chi connectivity index (χ1n) is 9.66. The molecule has 3 N–H and O–H groups in total. The van der Waals surface area contributed by atoms with Crippen molar-refractivity contribution in [3.8, 4) is 5.69 Å². The highest BCUT2D eigenvalue weighted by Gasteiger charge is 2.17. The summed E-state index contributed by atoms with van der Waals surface area (Å²) >= 11 is 0. The van der Waals surface area contributed by atoms with Gasteiger partial charge in [0, 0.05) is 30.7 Å². The Bertz CT molecular complexity index is 1190. The second-order valence-corrected chi connectivity index (χ2v) is 7.11. The summed E-state index contributed by atoms with van der Waals surface area (Å²) in [6.45, 7) is 1.52. The van der Waals surface area contributed by atoms with Crippen LogP contribution in [-0.2, 0) is 4.74 Å². The zero-order valence-corrected chi connectivity index (χ0v) is 16.1. The molecule has 1 saturated heterocycles. The number of nitrogens with zero attached hydrogens (tertiary/aromatic N) is 6. The minimum absolute atomic E-state index is 0.350. The smallest absolute Gasteiger partial charge is 0.248 e. The number of fused-ring (bicyclic) bond motifs is 1. The number of nitrogens with two attached hydrogens (primary N) is 1. The summed E-state index contributed by atoms with van der Waals surface area (Å²) in [5.74, 6) is -0.0170. The van der Waals surface area contributed by atoms with Gasteiger partial charge in [-0.15, -0.1) is 0 Å². The van der Waals surface area contributed by atoms with Crippen LogP contribution < -0.4 is 11.1 Å². The van der Waals surface area contributed by atoms with Crippen molar-refractivity contribution < 1.29 is 9.53 Å². The molecule has 0 bridgehead atoms. The maximum Gasteiger partial charge on any atom is 0.248 e. The van der Waals surface area contributed by atoms with Gasteiger partial charge in [-0.1, -0.05) is 0 Å². The average molecular weight is 404 g/mol. The number of anilines is 2. The quantitative estimate of drug-likeness (QED) is 0.522. The molecule has 0 spiro atoms. The van der Waals surface area contributed by atoms with Crippen LogP contribution >= 0.6 is 0 Å². The summed E-state index contributed by atoms with van der Waals surface area (Å²) in [7, 11) is 0. The maximum atomic E-state index is 11.3. The molecule has 0 aliphatic carbocycles. The Labute approximate surface area is 171 Å². The summed E-state index contributed by atoms with van der Waals surface area (Å²) in [6.07, 6.45) is 8.98. The van der Waals surface area contributed by atoms with Crippen molar-refractivity contribution in [1.82, 2.24) is 29.3 Å². The predicted molar refractivity (Wildman–Crippen MR) is 110 cm³/mol. The number of aromatic nitrogens is 6. The van der Waals surface area contributed by atoms with Gasteiger partial charge in [-0.3, -0.25) is 14.0 Å². The molecule has 10 nitrogen and oxygen atoms in total. The molecule has 1 aromatic carbocycles. The van der Waals surface area contributed by atoms with E-state index in [1.165, 1.54) is 0 Å². The highest BCUT2D eigenvalue weighted by molar-refractivity contribution is 5.93. The Balaban J connectivity index is 1.40. The highest BCUT2D eigenvalue weighted by atomic mass is 16.5. The van der Waals surface area contributed by atoms with Crippen LogP contribution in [0.15, 0.2) is 49.2 Å². The molecular formula is C20H20N8O2. The van der Waals surface area contributed by atoms with Crippen LogP contribution in [0.4, 0.5) is 11.6 Å². The second-order valence-electron chi connectivity index (χ2n) is 7.11. The zero-order chi connectivity index (χ0) is 20.5. The van der Waals surface area contributed by atoms with Crippen molar-refractivity contribution >= 4 is 28.7 Å². The van der Waals surface area contributed by atoms with Gasteiger partial charge in [0.25, 0.3) is 0 Å². The fourth-order valence-corrected chi connectivity index (χ4v) is 3.53. The van der Waals surface area contributed by atoms with E-state index in [0.29, 0.717) is 28.7 Å². The van der Waals surface area contributed by atoms with Crippen LogP contribution in [0.3, 0.4) is 0 Å². The van der Waals surface area contributed by atoms with Crippen LogP contribution in [-0.4, -0.2) is 48.4 Å². The molecule has 1 amide bonds. The molecule has 152 valence electrons. The lowest BCUT2D eigenvalue weighted by Crippen LogP contribution is -2.19. The van der Waals surface area contributed by atoms with E-state index in [0.717, 1.165) is 37.4 Å². The second kappa shape index (κ2) is 7.56. The number of rotatable bonds is 5.